The average Bonchev–Trinajstić information content (AvgIpc) is 2.11. The maximum Gasteiger partial charge on any atom is 0.338 e. The third-order valence-corrected chi connectivity index (χ3v) is 4.53. The van der Waals surface area contributed by atoms with Gasteiger partial charge in [-0.05, 0) is 26.7 Å². The van der Waals surface area contributed by atoms with Crippen molar-refractivity contribution in [2.24, 2.45) is 5.41 Å². The molecule has 0 radical (unpaired) electrons. The van der Waals surface area contributed by atoms with Crippen LogP contribution in [0.25, 0.3) is 0 Å². The lowest BCUT2D eigenvalue weighted by Crippen LogP contribution is -2.41. The van der Waals surface area contributed by atoms with E-state index in [1.54, 1.807) is 19.9 Å². The molecule has 0 aliphatic heterocycles. The highest BCUT2D eigenvalue weighted by Crippen LogP contribution is 2.53. The first-order valence-electron chi connectivity index (χ1n) is 5.18. The van der Waals surface area contributed by atoms with Crippen molar-refractivity contribution < 1.29 is 19.1 Å². The Labute approximate surface area is 96.9 Å². The Morgan fingerprint density at radius 1 is 1.31 bits per heavy atom. The smallest absolute Gasteiger partial charge is 0.324 e. The van der Waals surface area contributed by atoms with Crippen molar-refractivity contribution in [2.45, 2.75) is 45.7 Å². The van der Waals surface area contributed by atoms with E-state index >= 15 is 0 Å². The molecule has 0 unspecified atom stereocenters. The maximum atomic E-state index is 12.1. The van der Waals surface area contributed by atoms with Crippen LogP contribution in [0.15, 0.2) is 12.7 Å². The summed E-state index contributed by atoms with van der Waals surface area (Å²) in [6.45, 7) is 9.57. The number of Topliss-reactive ketones (excluding diaryl/α,β-unsaturated/α-hetero) is 1. The largest absolute Gasteiger partial charge is 0.338 e. The van der Waals surface area contributed by atoms with Crippen LogP contribution in [0.5, 0.6) is 0 Å². The van der Waals surface area contributed by atoms with Crippen LogP contribution in [0, 0.1) is 5.41 Å². The lowest BCUT2D eigenvalue weighted by molar-refractivity contribution is -0.129. The predicted octanol–water partition coefficient (Wildman–Crippen LogP) is 2.50. The Morgan fingerprint density at radius 2 is 1.75 bits per heavy atom. The molecule has 0 saturated carbocycles. The molecule has 0 spiro atoms. The van der Waals surface area contributed by atoms with Crippen LogP contribution in [-0.2, 0) is 9.36 Å². The highest BCUT2D eigenvalue weighted by molar-refractivity contribution is 7.54. The van der Waals surface area contributed by atoms with E-state index in [4.69, 9.17) is 0 Å². The van der Waals surface area contributed by atoms with Crippen molar-refractivity contribution in [1.29, 1.82) is 0 Å². The van der Waals surface area contributed by atoms with E-state index in [1.165, 1.54) is 13.8 Å². The van der Waals surface area contributed by atoms with Gasteiger partial charge < -0.3 is 9.79 Å². The molecule has 0 amide bonds. The molecule has 0 aromatic carbocycles. The van der Waals surface area contributed by atoms with Gasteiger partial charge in [-0.1, -0.05) is 19.9 Å². The molecular formula is C11H21O4P. The van der Waals surface area contributed by atoms with Gasteiger partial charge in [0.2, 0.25) is 0 Å². The van der Waals surface area contributed by atoms with Crippen LogP contribution in [0.2, 0.25) is 0 Å². The van der Waals surface area contributed by atoms with Gasteiger partial charge in [0.1, 0.15) is 5.16 Å². The first-order valence-corrected chi connectivity index (χ1v) is 6.79. The third kappa shape index (κ3) is 3.27. The zero-order chi connectivity index (χ0) is 13.2. The molecule has 5 heteroatoms. The molecule has 0 heterocycles. The third-order valence-electron chi connectivity index (χ3n) is 2.87. The van der Waals surface area contributed by atoms with Crippen molar-refractivity contribution in [2.75, 3.05) is 0 Å². The zero-order valence-electron chi connectivity index (χ0n) is 10.4. The molecule has 94 valence electrons. The number of hydrogen-bond donors (Lipinski definition) is 2. The fourth-order valence-corrected chi connectivity index (χ4v) is 2.10. The summed E-state index contributed by atoms with van der Waals surface area (Å²) in [7, 11) is -4.43. The molecule has 0 aliphatic carbocycles. The molecule has 2 N–H and O–H groups in total. The molecule has 0 bridgehead atoms. The summed E-state index contributed by atoms with van der Waals surface area (Å²) in [5, 5.41) is -1.63. The molecule has 0 atom stereocenters. The first kappa shape index (κ1) is 15.6. The molecular weight excluding hydrogens is 227 g/mol. The van der Waals surface area contributed by atoms with Gasteiger partial charge in [0.05, 0.1) is 0 Å². The summed E-state index contributed by atoms with van der Waals surface area (Å²) >= 11 is 0. The van der Waals surface area contributed by atoms with Crippen LogP contribution < -0.4 is 0 Å². The van der Waals surface area contributed by atoms with Gasteiger partial charge in [-0.2, -0.15) is 0 Å². The Balaban J connectivity index is 5.05. The normalized spacial score (nSPS) is 13.6. The van der Waals surface area contributed by atoms with E-state index in [9.17, 15) is 19.1 Å². The van der Waals surface area contributed by atoms with Crippen LogP contribution in [0.1, 0.15) is 40.5 Å². The molecule has 0 aromatic heterocycles. The van der Waals surface area contributed by atoms with Crippen molar-refractivity contribution in [3.8, 4) is 0 Å². The second kappa shape index (κ2) is 4.82. The first-order chi connectivity index (χ1) is 6.97. The number of carbonyl (C=O) groups excluding carboxylic acids is 1. The average molecular weight is 248 g/mol. The van der Waals surface area contributed by atoms with Gasteiger partial charge >= 0.3 is 7.60 Å². The summed E-state index contributed by atoms with van der Waals surface area (Å²) < 4.78 is 11.3. The van der Waals surface area contributed by atoms with Crippen molar-refractivity contribution in [1.82, 2.24) is 0 Å². The highest BCUT2D eigenvalue weighted by atomic mass is 31.2. The van der Waals surface area contributed by atoms with Gasteiger partial charge in [0.25, 0.3) is 0 Å². The van der Waals surface area contributed by atoms with E-state index < -0.39 is 24.0 Å². The van der Waals surface area contributed by atoms with Gasteiger partial charge in [-0.15, -0.1) is 6.58 Å². The van der Waals surface area contributed by atoms with E-state index in [0.717, 1.165) is 0 Å². The number of allylic oxidation sites excluding steroid dienone is 1. The van der Waals surface area contributed by atoms with E-state index in [1.807, 2.05) is 0 Å². The highest BCUT2D eigenvalue weighted by Gasteiger charge is 2.49. The van der Waals surface area contributed by atoms with Crippen LogP contribution >= 0.6 is 7.60 Å². The van der Waals surface area contributed by atoms with Crippen molar-refractivity contribution >= 4 is 13.4 Å². The zero-order valence-corrected chi connectivity index (χ0v) is 11.3. The summed E-state index contributed by atoms with van der Waals surface area (Å²) in [6.07, 6.45) is 2.88. The molecule has 4 nitrogen and oxygen atoms in total. The van der Waals surface area contributed by atoms with E-state index in [0.29, 0.717) is 12.8 Å². The molecule has 0 aliphatic rings. The standard InChI is InChI=1S/C11H21O4P/c1-6-7-8-10(2,3)9(12)11(4,5)16(13,14)15/h6H,1,7-8H2,2-5H3,(H2,13,14,15). The van der Waals surface area contributed by atoms with Gasteiger partial charge in [0, 0.05) is 5.41 Å². The monoisotopic (exact) mass is 248 g/mol. The summed E-state index contributed by atoms with van der Waals surface area (Å²) in [5.41, 5.74) is -0.751. The SMILES string of the molecule is C=CCCC(C)(C)C(=O)C(C)(C)P(=O)(O)O. The number of ketones is 1. The molecule has 0 rings (SSSR count). The predicted molar refractivity (Wildman–Crippen MR) is 64.3 cm³/mol. The van der Waals surface area contributed by atoms with Crippen LogP contribution in [0.3, 0.4) is 0 Å². The molecule has 16 heavy (non-hydrogen) atoms. The second-order valence-corrected chi connectivity index (χ2v) is 7.35. The molecule has 0 aromatic rings. The van der Waals surface area contributed by atoms with Crippen molar-refractivity contribution in [3.63, 3.8) is 0 Å². The van der Waals surface area contributed by atoms with E-state index in [-0.39, 0.29) is 0 Å². The molecule has 0 saturated heterocycles. The fraction of sp³-hybridized carbons (Fsp3) is 0.727. The van der Waals surface area contributed by atoms with Gasteiger partial charge in [-0.3, -0.25) is 9.36 Å². The quantitative estimate of drug-likeness (QED) is 0.559. The second-order valence-electron chi connectivity index (χ2n) is 5.14. The summed E-state index contributed by atoms with van der Waals surface area (Å²) in [5.74, 6) is -0.407. The number of rotatable bonds is 6. The van der Waals surface area contributed by atoms with Crippen LogP contribution in [0.4, 0.5) is 0 Å². The maximum absolute atomic E-state index is 12.1. The lowest BCUT2D eigenvalue weighted by atomic mass is 9.78. The minimum absolute atomic E-state index is 0.407. The Bertz CT molecular complexity index is 325. The lowest BCUT2D eigenvalue weighted by Gasteiger charge is -2.33. The number of carbonyl (C=O) groups is 1. The summed E-state index contributed by atoms with van der Waals surface area (Å²) in [4.78, 5) is 30.5. The number of hydrogen-bond acceptors (Lipinski definition) is 2. The van der Waals surface area contributed by atoms with Crippen LogP contribution in [-0.4, -0.2) is 20.7 Å². The van der Waals surface area contributed by atoms with E-state index in [2.05, 4.69) is 6.58 Å². The van der Waals surface area contributed by atoms with Crippen molar-refractivity contribution in [3.05, 3.63) is 12.7 Å². The Hall–Kier alpha value is -0.440. The summed E-state index contributed by atoms with van der Waals surface area (Å²) in [6, 6.07) is 0. The minimum atomic E-state index is -4.43. The van der Waals surface area contributed by atoms with Gasteiger partial charge in [-0.25, -0.2) is 0 Å². The van der Waals surface area contributed by atoms with Gasteiger partial charge in [0.15, 0.2) is 5.78 Å². The molecule has 0 fully saturated rings. The fourth-order valence-electron chi connectivity index (χ4n) is 1.54. The Morgan fingerprint density at radius 3 is 2.06 bits per heavy atom. The Kier molecular flexibility index (Phi) is 4.69. The topological polar surface area (TPSA) is 74.6 Å². The minimum Gasteiger partial charge on any atom is -0.324 e.